The first-order valence-corrected chi connectivity index (χ1v) is 8.76. The molecule has 1 saturated heterocycles. The van der Waals surface area contributed by atoms with Crippen molar-refractivity contribution in [2.75, 3.05) is 26.7 Å². The van der Waals surface area contributed by atoms with E-state index in [0.717, 1.165) is 18.4 Å². The van der Waals surface area contributed by atoms with Gasteiger partial charge in [0.15, 0.2) is 11.5 Å². The van der Waals surface area contributed by atoms with Crippen LogP contribution in [0.5, 0.6) is 11.5 Å². The number of carbonyl (C=O) groups excluding carboxylic acids is 1. The van der Waals surface area contributed by atoms with Crippen molar-refractivity contribution in [1.82, 2.24) is 10.2 Å². The minimum atomic E-state index is -2.94. The summed E-state index contributed by atoms with van der Waals surface area (Å²) in [5.74, 6) is -1.00. The molecule has 0 bridgehead atoms. The van der Waals surface area contributed by atoms with Gasteiger partial charge in [-0.2, -0.15) is 8.78 Å². The minimum absolute atomic E-state index is 0. The van der Waals surface area contributed by atoms with Crippen LogP contribution in [0.25, 0.3) is 0 Å². The number of methoxy groups -OCH3 is 1. The number of piperidine rings is 1. The Kier molecular flexibility index (Phi) is 9.95. The molecule has 1 atom stereocenters. The second-order valence-corrected chi connectivity index (χ2v) is 6.28. The number of hydrogen-bond donors (Lipinski definition) is 2. The summed E-state index contributed by atoms with van der Waals surface area (Å²) in [5, 5.41) is 12.0. The topological polar surface area (TPSA) is 88.1 Å². The number of halogens is 3. The minimum Gasteiger partial charge on any atom is -0.493 e. The first kappa shape index (κ1) is 23.9. The van der Waals surface area contributed by atoms with Gasteiger partial charge >= 0.3 is 12.6 Å². The van der Waals surface area contributed by atoms with Crippen LogP contribution in [0.4, 0.5) is 8.78 Å². The summed E-state index contributed by atoms with van der Waals surface area (Å²) < 4.78 is 34.1. The first-order valence-electron chi connectivity index (χ1n) is 8.76. The molecule has 1 aromatic rings. The Bertz CT molecular complexity index is 663. The van der Waals surface area contributed by atoms with Crippen LogP contribution in [0.3, 0.4) is 0 Å². The SMILES string of the molecule is COc1cc(CCNC(=O)CN2CCCCC2C(=O)O)ccc1OC(F)F.Cl. The summed E-state index contributed by atoms with van der Waals surface area (Å²) in [4.78, 5) is 25.0. The van der Waals surface area contributed by atoms with E-state index in [9.17, 15) is 23.5 Å². The average molecular weight is 423 g/mol. The van der Waals surface area contributed by atoms with Gasteiger partial charge in [0.05, 0.1) is 13.7 Å². The zero-order valence-corrected chi connectivity index (χ0v) is 16.3. The quantitative estimate of drug-likeness (QED) is 0.635. The van der Waals surface area contributed by atoms with E-state index in [-0.39, 0.29) is 36.4 Å². The fourth-order valence-corrected chi connectivity index (χ4v) is 3.11. The van der Waals surface area contributed by atoms with Crippen molar-refractivity contribution in [2.45, 2.75) is 38.3 Å². The lowest BCUT2D eigenvalue weighted by Crippen LogP contribution is -2.49. The van der Waals surface area contributed by atoms with Gasteiger partial charge in [0.2, 0.25) is 5.91 Å². The predicted molar refractivity (Wildman–Crippen MR) is 100 cm³/mol. The highest BCUT2D eigenvalue weighted by atomic mass is 35.5. The molecule has 0 spiro atoms. The number of carboxylic acids is 1. The molecule has 1 heterocycles. The van der Waals surface area contributed by atoms with E-state index in [1.54, 1.807) is 17.0 Å². The summed E-state index contributed by atoms with van der Waals surface area (Å²) >= 11 is 0. The molecular formula is C18H25ClF2N2O5. The Morgan fingerprint density at radius 2 is 2.07 bits per heavy atom. The summed E-state index contributed by atoms with van der Waals surface area (Å²) in [6.45, 7) is -1.97. The smallest absolute Gasteiger partial charge is 0.387 e. The van der Waals surface area contributed by atoms with E-state index in [2.05, 4.69) is 10.1 Å². The fourth-order valence-electron chi connectivity index (χ4n) is 3.11. The molecule has 0 aliphatic carbocycles. The van der Waals surface area contributed by atoms with E-state index in [1.165, 1.54) is 13.2 Å². The van der Waals surface area contributed by atoms with Crippen LogP contribution in [-0.4, -0.2) is 61.3 Å². The molecule has 0 saturated carbocycles. The third-order valence-electron chi connectivity index (χ3n) is 4.43. The monoisotopic (exact) mass is 422 g/mol. The van der Waals surface area contributed by atoms with E-state index < -0.39 is 18.6 Å². The Hall–Kier alpha value is -2.13. The number of nitrogens with zero attached hydrogens (tertiary/aromatic N) is 1. The molecular weight excluding hydrogens is 398 g/mol. The summed E-state index contributed by atoms with van der Waals surface area (Å²) in [6, 6.07) is 3.98. The Labute approximate surface area is 168 Å². The summed E-state index contributed by atoms with van der Waals surface area (Å²) in [6.07, 6.45) is 2.75. The van der Waals surface area contributed by atoms with Crippen molar-refractivity contribution in [3.8, 4) is 11.5 Å². The molecule has 2 rings (SSSR count). The molecule has 0 radical (unpaired) electrons. The lowest BCUT2D eigenvalue weighted by Gasteiger charge is -2.32. The number of benzene rings is 1. The van der Waals surface area contributed by atoms with E-state index in [4.69, 9.17) is 4.74 Å². The molecule has 2 N–H and O–H groups in total. The standard InChI is InChI=1S/C18H24F2N2O5.ClH/c1-26-15-10-12(5-6-14(15)27-18(19)20)7-8-21-16(23)11-22-9-3-2-4-13(22)17(24)25;/h5-6,10,13,18H,2-4,7-9,11H2,1H3,(H,21,23)(H,24,25);1H. The molecule has 0 aromatic heterocycles. The van der Waals surface area contributed by atoms with Gasteiger partial charge in [0, 0.05) is 6.54 Å². The van der Waals surface area contributed by atoms with Crippen molar-refractivity contribution < 1.29 is 33.0 Å². The third-order valence-corrected chi connectivity index (χ3v) is 4.43. The number of carboxylic acid groups (broad SMARTS) is 1. The van der Waals surface area contributed by atoms with Crippen LogP contribution in [0.1, 0.15) is 24.8 Å². The van der Waals surface area contributed by atoms with Crippen molar-refractivity contribution >= 4 is 24.3 Å². The number of aliphatic carboxylic acids is 1. The molecule has 28 heavy (non-hydrogen) atoms. The van der Waals surface area contributed by atoms with Gasteiger partial charge in [-0.15, -0.1) is 12.4 Å². The number of amides is 1. The molecule has 1 amide bonds. The number of likely N-dealkylation sites (tertiary alicyclic amines) is 1. The van der Waals surface area contributed by atoms with Crippen LogP contribution >= 0.6 is 12.4 Å². The number of alkyl halides is 2. The van der Waals surface area contributed by atoms with E-state index >= 15 is 0 Å². The largest absolute Gasteiger partial charge is 0.493 e. The van der Waals surface area contributed by atoms with Gasteiger partial charge in [-0.05, 0) is 43.5 Å². The maximum atomic E-state index is 12.3. The second kappa shape index (κ2) is 11.7. The van der Waals surface area contributed by atoms with Crippen LogP contribution in [-0.2, 0) is 16.0 Å². The zero-order valence-electron chi connectivity index (χ0n) is 15.5. The van der Waals surface area contributed by atoms with Crippen molar-refractivity contribution in [2.24, 2.45) is 0 Å². The number of rotatable bonds is 9. The molecule has 1 aliphatic rings. The number of nitrogens with one attached hydrogen (secondary N) is 1. The lowest BCUT2D eigenvalue weighted by atomic mass is 10.0. The maximum absolute atomic E-state index is 12.3. The average Bonchev–Trinajstić information content (AvgIpc) is 2.62. The number of carbonyl (C=O) groups is 2. The predicted octanol–water partition coefficient (Wildman–Crippen LogP) is 2.32. The molecule has 158 valence electrons. The highest BCUT2D eigenvalue weighted by Crippen LogP contribution is 2.29. The Morgan fingerprint density at radius 3 is 2.71 bits per heavy atom. The molecule has 1 aromatic carbocycles. The molecule has 1 fully saturated rings. The summed E-state index contributed by atoms with van der Waals surface area (Å²) in [7, 11) is 1.36. The van der Waals surface area contributed by atoms with Gasteiger partial charge in [0.1, 0.15) is 6.04 Å². The zero-order chi connectivity index (χ0) is 19.8. The van der Waals surface area contributed by atoms with E-state index in [1.807, 2.05) is 0 Å². The lowest BCUT2D eigenvalue weighted by molar-refractivity contribution is -0.145. The van der Waals surface area contributed by atoms with Crippen LogP contribution in [0.2, 0.25) is 0 Å². The van der Waals surface area contributed by atoms with Gasteiger partial charge in [0.25, 0.3) is 0 Å². The van der Waals surface area contributed by atoms with Crippen molar-refractivity contribution in [1.29, 1.82) is 0 Å². The highest BCUT2D eigenvalue weighted by molar-refractivity contribution is 5.85. The van der Waals surface area contributed by atoms with Crippen LogP contribution in [0, 0.1) is 0 Å². The molecule has 1 aliphatic heterocycles. The Balaban J connectivity index is 0.00000392. The highest BCUT2D eigenvalue weighted by Gasteiger charge is 2.29. The van der Waals surface area contributed by atoms with Gasteiger partial charge in [-0.25, -0.2) is 0 Å². The van der Waals surface area contributed by atoms with E-state index in [0.29, 0.717) is 25.9 Å². The fraction of sp³-hybridized carbons (Fsp3) is 0.556. The normalized spacial score (nSPS) is 16.9. The van der Waals surface area contributed by atoms with Crippen molar-refractivity contribution in [3.05, 3.63) is 23.8 Å². The third kappa shape index (κ3) is 7.12. The first-order chi connectivity index (χ1) is 12.9. The van der Waals surface area contributed by atoms with Gasteiger partial charge < -0.3 is 19.9 Å². The molecule has 10 heteroatoms. The molecule has 7 nitrogen and oxygen atoms in total. The molecule has 1 unspecified atom stereocenters. The maximum Gasteiger partial charge on any atom is 0.387 e. The van der Waals surface area contributed by atoms with Crippen LogP contribution < -0.4 is 14.8 Å². The van der Waals surface area contributed by atoms with Gasteiger partial charge in [-0.1, -0.05) is 12.5 Å². The second-order valence-electron chi connectivity index (χ2n) is 6.28. The number of hydrogen-bond acceptors (Lipinski definition) is 5. The summed E-state index contributed by atoms with van der Waals surface area (Å²) in [5.41, 5.74) is 0.787. The number of ether oxygens (including phenoxy) is 2. The van der Waals surface area contributed by atoms with Crippen molar-refractivity contribution in [3.63, 3.8) is 0 Å². The van der Waals surface area contributed by atoms with Crippen LogP contribution in [0.15, 0.2) is 18.2 Å². The Morgan fingerprint density at radius 1 is 1.32 bits per heavy atom. The van der Waals surface area contributed by atoms with Gasteiger partial charge in [-0.3, -0.25) is 14.5 Å².